The summed E-state index contributed by atoms with van der Waals surface area (Å²) in [5, 5.41) is 11.1. The van der Waals surface area contributed by atoms with Gasteiger partial charge in [-0.1, -0.05) is 30.0 Å². The lowest BCUT2D eigenvalue weighted by molar-refractivity contribution is -0.113. The first kappa shape index (κ1) is 22.3. The van der Waals surface area contributed by atoms with Crippen molar-refractivity contribution in [3.05, 3.63) is 83.9 Å². The maximum Gasteiger partial charge on any atom is 0.255 e. The van der Waals surface area contributed by atoms with E-state index in [0.29, 0.717) is 16.9 Å². The fourth-order valence-corrected chi connectivity index (χ4v) is 4.09. The molecule has 0 saturated carbocycles. The van der Waals surface area contributed by atoms with Crippen LogP contribution >= 0.6 is 11.8 Å². The minimum atomic E-state index is -0.239. The maximum absolute atomic E-state index is 12.8. The molecule has 0 fully saturated rings. The zero-order valence-electron chi connectivity index (χ0n) is 18.6. The highest BCUT2D eigenvalue weighted by atomic mass is 32.2. The van der Waals surface area contributed by atoms with Gasteiger partial charge in [0.15, 0.2) is 5.16 Å². The normalized spacial score (nSPS) is 10.8. The molecule has 4 aromatic rings. The van der Waals surface area contributed by atoms with Gasteiger partial charge in [0.05, 0.1) is 28.5 Å². The van der Waals surface area contributed by atoms with Crippen molar-refractivity contribution in [3.63, 3.8) is 0 Å². The van der Waals surface area contributed by atoms with Crippen LogP contribution < -0.4 is 10.6 Å². The first-order chi connectivity index (χ1) is 15.9. The first-order valence-electron chi connectivity index (χ1n) is 10.4. The standard InChI is InChI=1S/C24H24N6O2S/c1-16-22(17(2)30(28-16)20-7-5-4-6-8-20)27-23(32)18-9-11-19(12-10-18)26-21(31)15-33-24-25-13-14-29(24)3/h4-14H,15H2,1-3H3,(H,26,31)(H,27,32). The molecule has 0 atom stereocenters. The maximum atomic E-state index is 12.8. The number of aromatic nitrogens is 4. The Labute approximate surface area is 196 Å². The lowest BCUT2D eigenvalue weighted by Crippen LogP contribution is -2.15. The number of nitrogens with one attached hydrogen (secondary N) is 2. The van der Waals surface area contributed by atoms with Crippen LogP contribution in [0.5, 0.6) is 0 Å². The van der Waals surface area contributed by atoms with Crippen LogP contribution in [-0.2, 0) is 11.8 Å². The van der Waals surface area contributed by atoms with E-state index in [9.17, 15) is 9.59 Å². The number of amides is 2. The summed E-state index contributed by atoms with van der Waals surface area (Å²) in [5.41, 5.74) is 4.31. The van der Waals surface area contributed by atoms with E-state index in [1.54, 1.807) is 30.5 Å². The van der Waals surface area contributed by atoms with Crippen molar-refractivity contribution in [1.82, 2.24) is 19.3 Å². The molecule has 33 heavy (non-hydrogen) atoms. The molecule has 168 valence electrons. The van der Waals surface area contributed by atoms with Gasteiger partial charge < -0.3 is 15.2 Å². The molecule has 8 nitrogen and oxygen atoms in total. The molecule has 2 heterocycles. The molecular formula is C24H24N6O2S. The topological polar surface area (TPSA) is 93.8 Å². The zero-order valence-corrected chi connectivity index (χ0v) is 19.4. The summed E-state index contributed by atoms with van der Waals surface area (Å²) in [5.74, 6) is -0.131. The predicted molar refractivity (Wildman–Crippen MR) is 130 cm³/mol. The Balaban J connectivity index is 1.38. The Kier molecular flexibility index (Phi) is 6.60. The summed E-state index contributed by atoms with van der Waals surface area (Å²) in [6, 6.07) is 16.6. The zero-order chi connectivity index (χ0) is 23.4. The molecule has 0 aliphatic carbocycles. The van der Waals surface area contributed by atoms with Gasteiger partial charge in [0.2, 0.25) is 5.91 Å². The summed E-state index contributed by atoms with van der Waals surface area (Å²) in [6.45, 7) is 3.79. The van der Waals surface area contributed by atoms with Crippen molar-refractivity contribution in [3.8, 4) is 5.69 Å². The third kappa shape index (κ3) is 5.15. The van der Waals surface area contributed by atoms with Gasteiger partial charge in [0, 0.05) is 30.7 Å². The molecule has 0 saturated heterocycles. The van der Waals surface area contributed by atoms with Crippen LogP contribution in [0.4, 0.5) is 11.4 Å². The number of nitrogens with zero attached hydrogens (tertiary/aromatic N) is 4. The van der Waals surface area contributed by atoms with Crippen LogP contribution in [0.15, 0.2) is 72.1 Å². The number of benzene rings is 2. The minimum absolute atomic E-state index is 0.139. The average Bonchev–Trinajstić information content (AvgIpc) is 3.36. The second kappa shape index (κ2) is 9.74. The molecule has 4 rings (SSSR count). The highest BCUT2D eigenvalue weighted by Crippen LogP contribution is 2.24. The van der Waals surface area contributed by atoms with E-state index in [1.807, 2.05) is 66.7 Å². The largest absolute Gasteiger partial charge is 0.329 e. The van der Waals surface area contributed by atoms with E-state index >= 15 is 0 Å². The van der Waals surface area contributed by atoms with Crippen LogP contribution in [0.25, 0.3) is 5.69 Å². The highest BCUT2D eigenvalue weighted by molar-refractivity contribution is 7.99. The number of rotatable bonds is 7. The summed E-state index contributed by atoms with van der Waals surface area (Å²) >= 11 is 1.36. The minimum Gasteiger partial charge on any atom is -0.329 e. The van der Waals surface area contributed by atoms with Gasteiger partial charge in [0.1, 0.15) is 0 Å². The smallest absolute Gasteiger partial charge is 0.255 e. The molecule has 0 unspecified atom stereocenters. The molecule has 2 N–H and O–H groups in total. The number of carbonyl (C=O) groups excluding carboxylic acids is 2. The molecule has 0 bridgehead atoms. The molecule has 0 radical (unpaired) electrons. The number of para-hydroxylation sites is 1. The highest BCUT2D eigenvalue weighted by Gasteiger charge is 2.16. The SMILES string of the molecule is Cc1nn(-c2ccccc2)c(C)c1NC(=O)c1ccc(NC(=O)CSc2nccn2C)cc1. The molecule has 2 aromatic heterocycles. The van der Waals surface area contributed by atoms with Crippen molar-refractivity contribution in [2.75, 3.05) is 16.4 Å². The number of anilines is 2. The molecule has 0 aliphatic rings. The number of thioether (sulfide) groups is 1. The van der Waals surface area contributed by atoms with Crippen molar-refractivity contribution in [1.29, 1.82) is 0 Å². The van der Waals surface area contributed by atoms with Gasteiger partial charge >= 0.3 is 0 Å². The van der Waals surface area contributed by atoms with Gasteiger partial charge in [-0.3, -0.25) is 9.59 Å². The Bertz CT molecular complexity index is 1280. The average molecular weight is 461 g/mol. The van der Waals surface area contributed by atoms with Gasteiger partial charge in [-0.05, 0) is 50.2 Å². The van der Waals surface area contributed by atoms with Crippen molar-refractivity contribution in [2.45, 2.75) is 19.0 Å². The molecule has 2 aromatic carbocycles. The number of hydrogen-bond acceptors (Lipinski definition) is 5. The van der Waals surface area contributed by atoms with E-state index in [4.69, 9.17) is 0 Å². The Morgan fingerprint density at radius 1 is 1.00 bits per heavy atom. The predicted octanol–water partition coefficient (Wildman–Crippen LogP) is 4.21. The van der Waals surface area contributed by atoms with Crippen molar-refractivity contribution >= 4 is 35.0 Å². The fourth-order valence-electron chi connectivity index (χ4n) is 3.35. The third-order valence-corrected chi connectivity index (χ3v) is 6.13. The van der Waals surface area contributed by atoms with Crippen LogP contribution in [0.1, 0.15) is 21.7 Å². The van der Waals surface area contributed by atoms with Gasteiger partial charge in [-0.15, -0.1) is 0 Å². The molecule has 9 heteroatoms. The molecular weight excluding hydrogens is 436 g/mol. The van der Waals surface area contributed by atoms with Crippen LogP contribution in [0.2, 0.25) is 0 Å². The summed E-state index contributed by atoms with van der Waals surface area (Å²) in [4.78, 5) is 29.2. The fraction of sp³-hybridized carbons (Fsp3) is 0.167. The lowest BCUT2D eigenvalue weighted by atomic mass is 10.2. The quantitative estimate of drug-likeness (QED) is 0.403. The Hall–Kier alpha value is -3.85. The van der Waals surface area contributed by atoms with E-state index in [2.05, 4.69) is 20.7 Å². The van der Waals surface area contributed by atoms with Crippen LogP contribution in [0, 0.1) is 13.8 Å². The second-order valence-corrected chi connectivity index (χ2v) is 8.42. The number of carbonyl (C=O) groups is 2. The lowest BCUT2D eigenvalue weighted by Gasteiger charge is -2.09. The van der Waals surface area contributed by atoms with Gasteiger partial charge in [0.25, 0.3) is 5.91 Å². The first-order valence-corrected chi connectivity index (χ1v) is 11.3. The molecule has 0 spiro atoms. The number of hydrogen-bond donors (Lipinski definition) is 2. The van der Waals surface area contributed by atoms with E-state index in [-0.39, 0.29) is 17.6 Å². The van der Waals surface area contributed by atoms with Gasteiger partial charge in [-0.25, -0.2) is 9.67 Å². The number of aryl methyl sites for hydroxylation is 2. The molecule has 2 amide bonds. The summed E-state index contributed by atoms with van der Waals surface area (Å²) in [7, 11) is 1.88. The third-order valence-electron chi connectivity index (χ3n) is 5.07. The van der Waals surface area contributed by atoms with Crippen molar-refractivity contribution in [2.24, 2.45) is 7.05 Å². The van der Waals surface area contributed by atoms with Crippen LogP contribution in [0.3, 0.4) is 0 Å². The Morgan fingerprint density at radius 3 is 2.39 bits per heavy atom. The monoisotopic (exact) mass is 460 g/mol. The second-order valence-electron chi connectivity index (χ2n) is 7.48. The Morgan fingerprint density at radius 2 is 1.73 bits per heavy atom. The van der Waals surface area contributed by atoms with Crippen molar-refractivity contribution < 1.29 is 9.59 Å². The molecule has 0 aliphatic heterocycles. The van der Waals surface area contributed by atoms with Crippen LogP contribution in [-0.4, -0.2) is 36.9 Å². The van der Waals surface area contributed by atoms with E-state index in [1.165, 1.54) is 11.8 Å². The number of imidazole rings is 1. The summed E-state index contributed by atoms with van der Waals surface area (Å²) < 4.78 is 3.67. The summed E-state index contributed by atoms with van der Waals surface area (Å²) in [6.07, 6.45) is 3.53. The van der Waals surface area contributed by atoms with Gasteiger partial charge in [-0.2, -0.15) is 5.10 Å². The van der Waals surface area contributed by atoms with E-state index in [0.717, 1.165) is 22.2 Å². The van der Waals surface area contributed by atoms with E-state index < -0.39 is 0 Å².